The van der Waals surface area contributed by atoms with Crippen LogP contribution in [-0.2, 0) is 0 Å². The van der Waals surface area contributed by atoms with Gasteiger partial charge in [0.2, 0.25) is 0 Å². The maximum absolute atomic E-state index is 5.39. The van der Waals surface area contributed by atoms with Crippen molar-refractivity contribution in [3.63, 3.8) is 0 Å². The average molecular weight is 267 g/mol. The summed E-state index contributed by atoms with van der Waals surface area (Å²) in [6.45, 7) is 2.31. The Morgan fingerprint density at radius 1 is 1.33 bits per heavy atom. The van der Waals surface area contributed by atoms with Crippen LogP contribution in [0.2, 0.25) is 0 Å². The second-order valence-corrected chi connectivity index (χ2v) is 5.60. The first-order valence-electron chi connectivity index (χ1n) is 6.39. The summed E-state index contributed by atoms with van der Waals surface area (Å²) >= 11 is 1.86. The highest BCUT2D eigenvalue weighted by Gasteiger charge is 2.14. The Labute approximate surface area is 113 Å². The molecule has 1 heterocycles. The summed E-state index contributed by atoms with van der Waals surface area (Å²) in [4.78, 5) is 1.17. The van der Waals surface area contributed by atoms with E-state index in [9.17, 15) is 0 Å². The predicted octanol–water partition coefficient (Wildman–Crippen LogP) is 2.80. The fourth-order valence-electron chi connectivity index (χ4n) is 2.17. The van der Waals surface area contributed by atoms with E-state index < -0.39 is 0 Å². The molecule has 0 aromatic heterocycles. The summed E-state index contributed by atoms with van der Waals surface area (Å²) in [6.07, 6.45) is 2.62. The highest BCUT2D eigenvalue weighted by atomic mass is 32.2. The Hall–Kier alpha value is -0.870. The van der Waals surface area contributed by atoms with Gasteiger partial charge in [-0.1, -0.05) is 0 Å². The van der Waals surface area contributed by atoms with E-state index in [2.05, 4.69) is 11.4 Å². The summed E-state index contributed by atoms with van der Waals surface area (Å²) in [5.74, 6) is 3.72. The molecule has 18 heavy (non-hydrogen) atoms. The Morgan fingerprint density at radius 3 is 2.89 bits per heavy atom. The molecule has 2 rings (SSSR count). The van der Waals surface area contributed by atoms with Gasteiger partial charge in [0, 0.05) is 5.75 Å². The summed E-state index contributed by atoms with van der Waals surface area (Å²) in [5.41, 5.74) is 0. The van der Waals surface area contributed by atoms with Gasteiger partial charge in [0.25, 0.3) is 0 Å². The number of piperidine rings is 1. The van der Waals surface area contributed by atoms with Crippen molar-refractivity contribution in [2.75, 3.05) is 33.1 Å². The smallest absolute Gasteiger partial charge is 0.132 e. The molecule has 100 valence electrons. The van der Waals surface area contributed by atoms with Crippen LogP contribution in [0.5, 0.6) is 11.5 Å². The van der Waals surface area contributed by atoms with Gasteiger partial charge in [-0.3, -0.25) is 0 Å². The SMILES string of the molecule is COc1ccc(OC)c(SCC2CCCNC2)c1. The van der Waals surface area contributed by atoms with E-state index in [-0.39, 0.29) is 0 Å². The molecule has 1 fully saturated rings. The lowest BCUT2D eigenvalue weighted by Gasteiger charge is -2.22. The second kappa shape index (κ2) is 6.90. The van der Waals surface area contributed by atoms with Crippen molar-refractivity contribution in [2.24, 2.45) is 5.92 Å². The van der Waals surface area contributed by atoms with Crippen LogP contribution >= 0.6 is 11.8 Å². The van der Waals surface area contributed by atoms with E-state index >= 15 is 0 Å². The van der Waals surface area contributed by atoms with Crippen LogP contribution in [0.25, 0.3) is 0 Å². The maximum atomic E-state index is 5.39. The number of ether oxygens (including phenoxy) is 2. The van der Waals surface area contributed by atoms with Crippen molar-refractivity contribution in [3.05, 3.63) is 18.2 Å². The fraction of sp³-hybridized carbons (Fsp3) is 0.571. The molecule has 1 aliphatic heterocycles. The van der Waals surface area contributed by atoms with Crippen LogP contribution in [0.3, 0.4) is 0 Å². The minimum Gasteiger partial charge on any atom is -0.497 e. The quantitative estimate of drug-likeness (QED) is 0.831. The fourth-order valence-corrected chi connectivity index (χ4v) is 3.36. The molecule has 1 atom stereocenters. The Morgan fingerprint density at radius 2 is 2.22 bits per heavy atom. The summed E-state index contributed by atoms with van der Waals surface area (Å²) in [7, 11) is 3.41. The minimum atomic E-state index is 0.764. The topological polar surface area (TPSA) is 30.5 Å². The first kappa shape index (κ1) is 13.6. The highest BCUT2D eigenvalue weighted by Crippen LogP contribution is 2.34. The number of nitrogens with one attached hydrogen (secondary N) is 1. The first-order valence-corrected chi connectivity index (χ1v) is 7.37. The van der Waals surface area contributed by atoms with Crippen molar-refractivity contribution >= 4 is 11.8 Å². The molecular weight excluding hydrogens is 246 g/mol. The van der Waals surface area contributed by atoms with Crippen molar-refractivity contribution in [2.45, 2.75) is 17.7 Å². The molecule has 4 heteroatoms. The van der Waals surface area contributed by atoms with Crippen LogP contribution in [0.4, 0.5) is 0 Å². The summed E-state index contributed by atoms with van der Waals surface area (Å²) < 4.78 is 10.7. The zero-order valence-corrected chi connectivity index (χ0v) is 11.9. The molecule has 0 aliphatic carbocycles. The lowest BCUT2D eigenvalue weighted by atomic mass is 10.0. The van der Waals surface area contributed by atoms with Gasteiger partial charge in [0.05, 0.1) is 19.1 Å². The zero-order valence-electron chi connectivity index (χ0n) is 11.1. The monoisotopic (exact) mass is 267 g/mol. The standard InChI is InChI=1S/C14H21NO2S/c1-16-12-5-6-13(17-2)14(8-12)18-10-11-4-3-7-15-9-11/h5-6,8,11,15H,3-4,7,9-10H2,1-2H3. The van der Waals surface area contributed by atoms with Gasteiger partial charge in [-0.05, 0) is 50.0 Å². The Bertz CT molecular complexity index is 378. The van der Waals surface area contributed by atoms with E-state index in [0.29, 0.717) is 0 Å². The van der Waals surface area contributed by atoms with Gasteiger partial charge in [-0.15, -0.1) is 11.8 Å². The van der Waals surface area contributed by atoms with Crippen molar-refractivity contribution < 1.29 is 9.47 Å². The van der Waals surface area contributed by atoms with Crippen molar-refractivity contribution in [3.8, 4) is 11.5 Å². The van der Waals surface area contributed by atoms with Crippen LogP contribution in [0.15, 0.2) is 23.1 Å². The molecule has 1 N–H and O–H groups in total. The molecule has 0 saturated carbocycles. The largest absolute Gasteiger partial charge is 0.497 e. The van der Waals surface area contributed by atoms with Gasteiger partial charge < -0.3 is 14.8 Å². The van der Waals surface area contributed by atoms with E-state index in [4.69, 9.17) is 9.47 Å². The maximum Gasteiger partial charge on any atom is 0.132 e. The third-order valence-electron chi connectivity index (χ3n) is 3.24. The lowest BCUT2D eigenvalue weighted by Crippen LogP contribution is -2.30. The molecule has 0 radical (unpaired) electrons. The number of rotatable bonds is 5. The molecule has 1 aromatic carbocycles. The number of methoxy groups -OCH3 is 2. The Kier molecular flexibility index (Phi) is 5.20. The summed E-state index contributed by atoms with van der Waals surface area (Å²) in [6, 6.07) is 5.96. The van der Waals surface area contributed by atoms with Gasteiger partial charge in [0.1, 0.15) is 11.5 Å². The number of benzene rings is 1. The van der Waals surface area contributed by atoms with Gasteiger partial charge in [-0.25, -0.2) is 0 Å². The van der Waals surface area contributed by atoms with Gasteiger partial charge in [0.15, 0.2) is 0 Å². The van der Waals surface area contributed by atoms with Crippen LogP contribution in [-0.4, -0.2) is 33.1 Å². The second-order valence-electron chi connectivity index (χ2n) is 4.54. The Balaban J connectivity index is 1.97. The van der Waals surface area contributed by atoms with Crippen LogP contribution in [0.1, 0.15) is 12.8 Å². The molecule has 1 aromatic rings. The van der Waals surface area contributed by atoms with E-state index in [1.165, 1.54) is 24.3 Å². The molecular formula is C14H21NO2S. The molecule has 1 unspecified atom stereocenters. The van der Waals surface area contributed by atoms with E-state index in [0.717, 1.165) is 29.7 Å². The molecule has 0 spiro atoms. The third kappa shape index (κ3) is 3.56. The molecule has 1 saturated heterocycles. The number of thioether (sulfide) groups is 1. The van der Waals surface area contributed by atoms with Crippen molar-refractivity contribution in [1.29, 1.82) is 0 Å². The lowest BCUT2D eigenvalue weighted by molar-refractivity contribution is 0.393. The molecule has 0 amide bonds. The first-order chi connectivity index (χ1) is 8.83. The average Bonchev–Trinajstić information content (AvgIpc) is 2.45. The number of hydrogen-bond acceptors (Lipinski definition) is 4. The van der Waals surface area contributed by atoms with Crippen molar-refractivity contribution in [1.82, 2.24) is 5.32 Å². The number of hydrogen-bond donors (Lipinski definition) is 1. The zero-order chi connectivity index (χ0) is 12.8. The molecule has 1 aliphatic rings. The van der Waals surface area contributed by atoms with Crippen LogP contribution in [0, 0.1) is 5.92 Å². The van der Waals surface area contributed by atoms with Gasteiger partial charge in [-0.2, -0.15) is 0 Å². The molecule has 3 nitrogen and oxygen atoms in total. The third-order valence-corrected chi connectivity index (χ3v) is 4.51. The minimum absolute atomic E-state index is 0.764. The molecule has 0 bridgehead atoms. The summed E-state index contributed by atoms with van der Waals surface area (Å²) in [5, 5.41) is 3.45. The van der Waals surface area contributed by atoms with Gasteiger partial charge >= 0.3 is 0 Å². The van der Waals surface area contributed by atoms with Crippen LogP contribution < -0.4 is 14.8 Å². The van der Waals surface area contributed by atoms with E-state index in [1.54, 1.807) is 14.2 Å². The predicted molar refractivity (Wildman–Crippen MR) is 75.9 cm³/mol. The highest BCUT2D eigenvalue weighted by molar-refractivity contribution is 7.99. The normalized spacial score (nSPS) is 19.6. The van der Waals surface area contributed by atoms with E-state index in [1.807, 2.05) is 23.9 Å².